The molecule has 23 heavy (non-hydrogen) atoms. The zero-order valence-corrected chi connectivity index (χ0v) is 18.8. The second-order valence-electron chi connectivity index (χ2n) is 7.74. The van der Waals surface area contributed by atoms with Crippen LogP contribution in [-0.4, -0.2) is 16.9 Å². The second-order valence-corrected chi connectivity index (χ2v) is 17.5. The van der Waals surface area contributed by atoms with Gasteiger partial charge in [0, 0.05) is 9.79 Å². The highest BCUT2D eigenvalue weighted by atomic mass is 33.1. The molecule has 0 aliphatic carbocycles. The smallest absolute Gasteiger partial charge is 0.0671 e. The Hall–Kier alpha value is -0.426. The van der Waals surface area contributed by atoms with Gasteiger partial charge in [-0.25, -0.2) is 0 Å². The van der Waals surface area contributed by atoms with Crippen molar-refractivity contribution in [2.75, 3.05) is 0 Å². The molecule has 0 fully saturated rings. The first-order valence-corrected chi connectivity index (χ1v) is 16.3. The van der Waals surface area contributed by atoms with E-state index in [1.165, 1.54) is 32.0 Å². The van der Waals surface area contributed by atoms with E-state index in [0.717, 1.165) is 0 Å². The summed E-state index contributed by atoms with van der Waals surface area (Å²) in [5.41, 5.74) is 5.88. The van der Waals surface area contributed by atoms with Crippen molar-refractivity contribution < 1.29 is 0 Å². The zero-order chi connectivity index (χ0) is 16.9. The van der Waals surface area contributed by atoms with E-state index in [4.69, 9.17) is 0 Å². The highest BCUT2D eigenvalue weighted by Crippen LogP contribution is 2.51. The first kappa shape index (κ1) is 17.4. The number of rotatable bonds is 2. The summed E-state index contributed by atoms with van der Waals surface area (Å²) in [5, 5.41) is 3.19. The third-order valence-electron chi connectivity index (χ3n) is 4.51. The van der Waals surface area contributed by atoms with Gasteiger partial charge in [-0.15, -0.1) is 0 Å². The van der Waals surface area contributed by atoms with Gasteiger partial charge in [-0.3, -0.25) is 0 Å². The molecule has 0 saturated heterocycles. The molecule has 0 nitrogen and oxygen atoms in total. The molecule has 121 valence electrons. The van der Waals surface area contributed by atoms with Gasteiger partial charge < -0.3 is 0 Å². The van der Waals surface area contributed by atoms with Crippen LogP contribution in [0.25, 0.3) is 11.1 Å². The van der Waals surface area contributed by atoms with Gasteiger partial charge in [-0.1, -0.05) is 88.0 Å². The Bertz CT molecular complexity index is 774. The van der Waals surface area contributed by atoms with Crippen LogP contribution in [0.1, 0.15) is 11.1 Å². The maximum atomic E-state index is 2.51. The van der Waals surface area contributed by atoms with Gasteiger partial charge in [0.05, 0.1) is 16.9 Å². The molecule has 0 bridgehead atoms. The van der Waals surface area contributed by atoms with E-state index in [9.17, 15) is 0 Å². The van der Waals surface area contributed by atoms with E-state index >= 15 is 0 Å². The lowest BCUT2D eigenvalue weighted by Crippen LogP contribution is -2.39. The largest absolute Gasteiger partial charge is 0.0795 e. The molecule has 0 N–H and O–H groups in total. The van der Waals surface area contributed by atoms with Crippen LogP contribution in [0.15, 0.2) is 34.1 Å². The van der Waals surface area contributed by atoms with E-state index < -0.39 is 16.9 Å². The molecule has 1 radical (unpaired) electrons. The van der Waals surface area contributed by atoms with Crippen LogP contribution < -0.4 is 10.4 Å². The molecule has 0 spiro atoms. The summed E-state index contributed by atoms with van der Waals surface area (Å²) in [6.07, 6.45) is 0. The van der Waals surface area contributed by atoms with Gasteiger partial charge in [0.15, 0.2) is 0 Å². The van der Waals surface area contributed by atoms with Crippen LogP contribution in [0.4, 0.5) is 0 Å². The molecule has 2 aromatic rings. The highest BCUT2D eigenvalue weighted by Gasteiger charge is 2.25. The van der Waals surface area contributed by atoms with E-state index in [1.807, 2.05) is 21.6 Å². The Balaban J connectivity index is 2.25. The molecule has 2 aromatic carbocycles. The fraction of sp³-hybridized carbons (Fsp3) is 0.368. The van der Waals surface area contributed by atoms with Gasteiger partial charge in [-0.05, 0) is 37.1 Å². The maximum Gasteiger partial charge on any atom is 0.0795 e. The van der Waals surface area contributed by atoms with Crippen molar-refractivity contribution in [2.45, 2.75) is 56.4 Å². The second kappa shape index (κ2) is 6.14. The number of benzene rings is 2. The van der Waals surface area contributed by atoms with E-state index in [1.54, 1.807) is 10.4 Å². The van der Waals surface area contributed by atoms with Crippen LogP contribution in [-0.2, 0) is 0 Å². The zero-order valence-electron chi connectivity index (χ0n) is 15.1. The maximum absolute atomic E-state index is 2.51. The average molecular weight is 374 g/mol. The fourth-order valence-corrected chi connectivity index (χ4v) is 9.00. The number of hydrogen-bond donors (Lipinski definition) is 0. The lowest BCUT2D eigenvalue weighted by atomic mass is 10.0. The molecule has 4 heteroatoms. The Morgan fingerprint density at radius 1 is 0.783 bits per heavy atom. The van der Waals surface area contributed by atoms with Crippen molar-refractivity contribution in [3.05, 3.63) is 35.4 Å². The molecule has 0 aromatic heterocycles. The van der Waals surface area contributed by atoms with E-state index in [2.05, 4.69) is 70.8 Å². The van der Waals surface area contributed by atoms with Gasteiger partial charge in [0.25, 0.3) is 0 Å². The summed E-state index contributed by atoms with van der Waals surface area (Å²) in [4.78, 5) is 2.88. The summed E-state index contributed by atoms with van der Waals surface area (Å²) >= 11 is 0. The fourth-order valence-electron chi connectivity index (χ4n) is 3.36. The average Bonchev–Trinajstić information content (AvgIpc) is 2.44. The van der Waals surface area contributed by atoms with E-state index in [-0.39, 0.29) is 0 Å². The van der Waals surface area contributed by atoms with Gasteiger partial charge >= 0.3 is 0 Å². The van der Waals surface area contributed by atoms with Crippen LogP contribution in [0, 0.1) is 13.8 Å². The number of hydrogen-bond acceptors (Lipinski definition) is 2. The Kier molecular flexibility index (Phi) is 4.64. The van der Waals surface area contributed by atoms with Gasteiger partial charge in [0.2, 0.25) is 0 Å². The molecule has 0 unspecified atom stereocenters. The van der Waals surface area contributed by atoms with Crippen molar-refractivity contribution in [1.29, 1.82) is 0 Å². The topological polar surface area (TPSA) is 0 Å². The van der Waals surface area contributed by atoms with Crippen LogP contribution in [0.2, 0.25) is 32.7 Å². The summed E-state index contributed by atoms with van der Waals surface area (Å²) in [6.45, 7) is 16.7. The molecule has 1 aliphatic heterocycles. The monoisotopic (exact) mass is 373 g/mol. The van der Waals surface area contributed by atoms with Crippen molar-refractivity contribution in [3.63, 3.8) is 0 Å². The molecule has 0 amide bonds. The summed E-state index contributed by atoms with van der Waals surface area (Å²) in [6, 6.07) is 9.84. The van der Waals surface area contributed by atoms with Crippen molar-refractivity contribution in [2.24, 2.45) is 0 Å². The molecule has 0 saturated carbocycles. The minimum atomic E-state index is -1.31. The Morgan fingerprint density at radius 3 is 1.83 bits per heavy atom. The Morgan fingerprint density at radius 2 is 1.30 bits per heavy atom. The van der Waals surface area contributed by atoms with Crippen molar-refractivity contribution in [1.82, 2.24) is 0 Å². The van der Waals surface area contributed by atoms with Gasteiger partial charge in [-0.2, -0.15) is 0 Å². The van der Waals surface area contributed by atoms with E-state index in [0.29, 0.717) is 0 Å². The minimum absolute atomic E-state index is 0.430. The molecular formula is C19H25S2Si2. The lowest BCUT2D eigenvalue weighted by molar-refractivity contribution is 1.32. The normalized spacial score (nSPS) is 13.9. The predicted molar refractivity (Wildman–Crippen MR) is 113 cm³/mol. The highest BCUT2D eigenvalue weighted by molar-refractivity contribution is 8.76. The third kappa shape index (κ3) is 3.23. The SMILES string of the molecule is Cc1cc2c(cc1[Si](C)C)-c1cc([Si](C)(C)C)c(C)cc1SS2. The molecule has 1 aliphatic rings. The molecule has 0 atom stereocenters. The van der Waals surface area contributed by atoms with Crippen molar-refractivity contribution >= 4 is 48.8 Å². The summed E-state index contributed by atoms with van der Waals surface area (Å²) in [5.74, 6) is 0. The Labute approximate surface area is 151 Å². The summed E-state index contributed by atoms with van der Waals surface area (Å²) < 4.78 is 0. The molecular weight excluding hydrogens is 349 g/mol. The lowest BCUT2D eigenvalue weighted by Gasteiger charge is -2.26. The van der Waals surface area contributed by atoms with Crippen LogP contribution in [0.3, 0.4) is 0 Å². The first-order valence-electron chi connectivity index (χ1n) is 8.13. The van der Waals surface area contributed by atoms with Crippen LogP contribution >= 0.6 is 21.6 Å². The van der Waals surface area contributed by atoms with Crippen LogP contribution in [0.5, 0.6) is 0 Å². The van der Waals surface area contributed by atoms with Gasteiger partial charge in [0.1, 0.15) is 0 Å². The minimum Gasteiger partial charge on any atom is -0.0671 e. The quantitative estimate of drug-likeness (QED) is 0.497. The number of fused-ring (bicyclic) bond motifs is 3. The molecule has 3 rings (SSSR count). The summed E-state index contributed by atoms with van der Waals surface area (Å²) in [7, 11) is 2.11. The third-order valence-corrected chi connectivity index (χ3v) is 10.7. The number of aryl methyl sites for hydroxylation is 2. The predicted octanol–water partition coefficient (Wildman–Crippen LogP) is 5.59. The standard InChI is InChI=1S/C19H25S2Si2/c1-12-8-16-14(10-18(12)22(3)4)15-11-19(23(5,6)7)13(2)9-17(15)21-20-16/h8-11H,1-7H3. The molecule has 1 heterocycles. The van der Waals surface area contributed by atoms with Crippen molar-refractivity contribution in [3.8, 4) is 11.1 Å². The first-order chi connectivity index (χ1) is 10.7.